The molecule has 2 rings (SSSR count). The quantitative estimate of drug-likeness (QED) is 0.893. The van der Waals surface area contributed by atoms with E-state index in [4.69, 9.17) is 17.3 Å². The lowest BCUT2D eigenvalue weighted by Gasteiger charge is -2.11. The highest BCUT2D eigenvalue weighted by Gasteiger charge is 2.16. The van der Waals surface area contributed by atoms with Gasteiger partial charge in [0.25, 0.3) is 0 Å². The van der Waals surface area contributed by atoms with Gasteiger partial charge in [-0.1, -0.05) is 11.6 Å². The van der Waals surface area contributed by atoms with Crippen LogP contribution in [0.3, 0.4) is 0 Å². The van der Waals surface area contributed by atoms with Gasteiger partial charge in [0.05, 0.1) is 8.81 Å². The molecule has 0 fully saturated rings. The Morgan fingerprint density at radius 3 is 2.88 bits per heavy atom. The van der Waals surface area contributed by atoms with Crippen molar-refractivity contribution in [2.45, 2.75) is 6.10 Å². The molecule has 0 saturated carbocycles. The molecule has 1 atom stereocenters. The highest BCUT2D eigenvalue weighted by molar-refractivity contribution is 9.11. The second-order valence-corrected chi connectivity index (χ2v) is 6.10. The Morgan fingerprint density at radius 1 is 1.50 bits per heavy atom. The largest absolute Gasteiger partial charge is 0.383 e. The van der Waals surface area contributed by atoms with Crippen molar-refractivity contribution in [2.75, 3.05) is 5.73 Å². The van der Waals surface area contributed by atoms with E-state index in [2.05, 4.69) is 20.9 Å². The van der Waals surface area contributed by atoms with Gasteiger partial charge in [-0.05, 0) is 34.1 Å². The molecule has 0 bridgehead atoms. The maximum Gasteiger partial charge on any atom is 0.129 e. The zero-order chi connectivity index (χ0) is 11.7. The lowest BCUT2D eigenvalue weighted by Crippen LogP contribution is -2.04. The monoisotopic (exact) mass is 318 g/mol. The normalized spacial score (nSPS) is 12.7. The molecular weight excluding hydrogens is 312 g/mol. The van der Waals surface area contributed by atoms with Gasteiger partial charge in [-0.15, -0.1) is 11.3 Å². The van der Waals surface area contributed by atoms with E-state index in [1.165, 1.54) is 17.5 Å². The first-order valence-corrected chi connectivity index (χ1v) is 6.41. The fraction of sp³-hybridized carbons (Fsp3) is 0.100. The molecule has 0 amide bonds. The summed E-state index contributed by atoms with van der Waals surface area (Å²) in [6.07, 6.45) is 0.666. The van der Waals surface area contributed by atoms with E-state index in [9.17, 15) is 5.11 Å². The van der Waals surface area contributed by atoms with Crippen LogP contribution in [0.2, 0.25) is 5.02 Å². The van der Waals surface area contributed by atoms with E-state index in [-0.39, 0.29) is 0 Å². The van der Waals surface area contributed by atoms with Gasteiger partial charge in [-0.3, -0.25) is 0 Å². The van der Waals surface area contributed by atoms with Crippen LogP contribution in [-0.2, 0) is 0 Å². The third kappa shape index (κ3) is 2.38. The molecule has 3 nitrogen and oxygen atoms in total. The van der Waals surface area contributed by atoms with Crippen molar-refractivity contribution in [1.29, 1.82) is 0 Å². The van der Waals surface area contributed by atoms with Crippen molar-refractivity contribution in [3.63, 3.8) is 0 Å². The SMILES string of the molecule is Nc1ncc(Cl)cc1C(O)c1ccc(Br)s1. The third-order valence-corrected chi connectivity index (χ3v) is 3.96. The van der Waals surface area contributed by atoms with Crippen LogP contribution in [0, 0.1) is 0 Å². The smallest absolute Gasteiger partial charge is 0.129 e. The number of aliphatic hydroxyl groups excluding tert-OH is 1. The third-order valence-electron chi connectivity index (χ3n) is 2.07. The molecule has 3 N–H and O–H groups in total. The number of anilines is 1. The molecule has 2 heterocycles. The van der Waals surface area contributed by atoms with Gasteiger partial charge in [0.1, 0.15) is 11.9 Å². The van der Waals surface area contributed by atoms with E-state index in [1.54, 1.807) is 6.07 Å². The molecule has 0 saturated heterocycles. The van der Waals surface area contributed by atoms with E-state index in [0.29, 0.717) is 16.4 Å². The molecule has 0 aliphatic heterocycles. The van der Waals surface area contributed by atoms with Gasteiger partial charge < -0.3 is 10.8 Å². The number of nitrogens with zero attached hydrogens (tertiary/aromatic N) is 1. The lowest BCUT2D eigenvalue weighted by molar-refractivity contribution is 0.224. The number of rotatable bonds is 2. The summed E-state index contributed by atoms with van der Waals surface area (Å²) in [6.45, 7) is 0. The van der Waals surface area contributed by atoms with Gasteiger partial charge in [-0.2, -0.15) is 0 Å². The Morgan fingerprint density at radius 2 is 2.25 bits per heavy atom. The average molecular weight is 320 g/mol. The molecule has 0 spiro atoms. The predicted molar refractivity (Wildman–Crippen MR) is 69.7 cm³/mol. The van der Waals surface area contributed by atoms with Crippen LogP contribution in [0.25, 0.3) is 0 Å². The second-order valence-electron chi connectivity index (χ2n) is 3.17. The van der Waals surface area contributed by atoms with Crippen LogP contribution < -0.4 is 5.73 Å². The van der Waals surface area contributed by atoms with Gasteiger partial charge in [0.2, 0.25) is 0 Å². The topological polar surface area (TPSA) is 59.1 Å². The molecule has 0 radical (unpaired) electrons. The van der Waals surface area contributed by atoms with Crippen LogP contribution in [0.5, 0.6) is 0 Å². The number of aliphatic hydroxyl groups is 1. The Kier molecular flexibility index (Phi) is 3.49. The van der Waals surface area contributed by atoms with Crippen molar-refractivity contribution in [3.05, 3.63) is 43.6 Å². The van der Waals surface area contributed by atoms with Crippen LogP contribution in [0.15, 0.2) is 28.2 Å². The minimum atomic E-state index is -0.789. The summed E-state index contributed by atoms with van der Waals surface area (Å²) in [7, 11) is 0. The predicted octanol–water partition coefficient (Wildman–Crippen LogP) is 3.22. The number of halogens is 2. The Labute approximate surface area is 110 Å². The van der Waals surface area contributed by atoms with E-state index in [1.807, 2.05) is 12.1 Å². The fourth-order valence-corrected chi connectivity index (χ4v) is 2.91. The van der Waals surface area contributed by atoms with Crippen molar-refractivity contribution < 1.29 is 5.11 Å². The highest BCUT2D eigenvalue weighted by Crippen LogP contribution is 2.33. The summed E-state index contributed by atoms with van der Waals surface area (Å²) in [4.78, 5) is 4.70. The Bertz CT molecular complexity index is 517. The number of hydrogen-bond donors (Lipinski definition) is 2. The average Bonchev–Trinajstić information content (AvgIpc) is 2.67. The molecule has 2 aromatic rings. The molecule has 2 aromatic heterocycles. The Hall–Kier alpha value is -0.620. The summed E-state index contributed by atoms with van der Waals surface area (Å²) in [6, 6.07) is 5.33. The van der Waals surface area contributed by atoms with Gasteiger partial charge >= 0.3 is 0 Å². The molecule has 84 valence electrons. The maximum atomic E-state index is 10.1. The van der Waals surface area contributed by atoms with Crippen molar-refractivity contribution >= 4 is 44.7 Å². The summed E-state index contributed by atoms with van der Waals surface area (Å²) < 4.78 is 0.954. The number of nitrogen functional groups attached to an aromatic ring is 1. The maximum absolute atomic E-state index is 10.1. The molecule has 0 aliphatic carbocycles. The van der Waals surface area contributed by atoms with E-state index >= 15 is 0 Å². The van der Waals surface area contributed by atoms with Crippen LogP contribution in [0.4, 0.5) is 5.82 Å². The number of hydrogen-bond acceptors (Lipinski definition) is 4. The van der Waals surface area contributed by atoms with Gasteiger partial charge in [-0.25, -0.2) is 4.98 Å². The van der Waals surface area contributed by atoms with E-state index < -0.39 is 6.10 Å². The van der Waals surface area contributed by atoms with Crippen molar-refractivity contribution in [3.8, 4) is 0 Å². The molecule has 16 heavy (non-hydrogen) atoms. The first-order chi connectivity index (χ1) is 7.58. The molecular formula is C10H8BrClN2OS. The summed E-state index contributed by atoms with van der Waals surface area (Å²) in [5, 5.41) is 10.6. The second kappa shape index (κ2) is 4.71. The number of nitrogens with two attached hydrogens (primary N) is 1. The summed E-state index contributed by atoms with van der Waals surface area (Å²) in [5.74, 6) is 0.293. The standard InChI is InChI=1S/C10H8BrClN2OS/c11-8-2-1-7(16-8)9(15)6-3-5(12)4-14-10(6)13/h1-4,9,15H,(H2,13,14). The molecule has 0 aliphatic rings. The fourth-order valence-electron chi connectivity index (χ4n) is 1.31. The minimum Gasteiger partial charge on any atom is -0.383 e. The van der Waals surface area contributed by atoms with Gasteiger partial charge in [0.15, 0.2) is 0 Å². The number of pyridine rings is 1. The summed E-state index contributed by atoms with van der Waals surface area (Å²) in [5.41, 5.74) is 6.23. The molecule has 6 heteroatoms. The van der Waals surface area contributed by atoms with E-state index in [0.717, 1.165) is 8.66 Å². The number of thiophene rings is 1. The zero-order valence-electron chi connectivity index (χ0n) is 8.02. The van der Waals surface area contributed by atoms with Crippen LogP contribution in [0.1, 0.15) is 16.5 Å². The molecule has 0 aromatic carbocycles. The van der Waals surface area contributed by atoms with Crippen LogP contribution >= 0.6 is 38.9 Å². The Balaban J connectivity index is 2.40. The zero-order valence-corrected chi connectivity index (χ0v) is 11.2. The first kappa shape index (κ1) is 11.9. The highest BCUT2D eigenvalue weighted by atomic mass is 79.9. The van der Waals surface area contributed by atoms with Crippen molar-refractivity contribution in [2.24, 2.45) is 0 Å². The molecule has 1 unspecified atom stereocenters. The van der Waals surface area contributed by atoms with Crippen LogP contribution in [-0.4, -0.2) is 10.1 Å². The lowest BCUT2D eigenvalue weighted by atomic mass is 10.1. The van der Waals surface area contributed by atoms with Gasteiger partial charge in [0, 0.05) is 16.6 Å². The minimum absolute atomic E-state index is 0.293. The summed E-state index contributed by atoms with van der Waals surface area (Å²) >= 11 is 10.6. The first-order valence-electron chi connectivity index (χ1n) is 4.42. The van der Waals surface area contributed by atoms with Crippen molar-refractivity contribution in [1.82, 2.24) is 4.98 Å². The number of aromatic nitrogens is 1.